The van der Waals surface area contributed by atoms with Gasteiger partial charge >= 0.3 is 0 Å². The Bertz CT molecular complexity index is 765. The smallest absolute Gasteiger partial charge is 0.160 e. The van der Waals surface area contributed by atoms with Gasteiger partial charge in [-0.3, -0.25) is 4.98 Å². The van der Waals surface area contributed by atoms with Gasteiger partial charge in [0.25, 0.3) is 0 Å². The van der Waals surface area contributed by atoms with Gasteiger partial charge in [0.2, 0.25) is 0 Å². The number of pyridine rings is 2. The van der Waals surface area contributed by atoms with Crippen LogP contribution in [0.2, 0.25) is 0 Å². The fourth-order valence-corrected chi connectivity index (χ4v) is 2.66. The van der Waals surface area contributed by atoms with E-state index in [1.807, 2.05) is 44.2 Å². The number of alkyl halides is 1. The Balaban J connectivity index is 2.24. The Hall–Kier alpha value is -1.94. The second-order valence-corrected chi connectivity index (χ2v) is 5.84. The normalized spacial score (nSPS) is 14.3. The lowest BCUT2D eigenvalue weighted by molar-refractivity contribution is 0.598. The van der Waals surface area contributed by atoms with Gasteiger partial charge in [0.1, 0.15) is 11.3 Å². The fourth-order valence-electron chi connectivity index (χ4n) is 2.50. The third kappa shape index (κ3) is 2.51. The fraction of sp³-hybridized carbons (Fsp3) is 0.312. The average molecular weight is 301 g/mol. The topological polar surface area (TPSA) is 43.6 Å². The first kappa shape index (κ1) is 14.0. The van der Waals surface area contributed by atoms with E-state index in [2.05, 4.69) is 26.4 Å². The van der Waals surface area contributed by atoms with Crippen LogP contribution in [0.5, 0.6) is 0 Å². The molecule has 3 aromatic rings. The molecule has 3 rings (SSSR count). The van der Waals surface area contributed by atoms with Crippen LogP contribution in [0.4, 0.5) is 0 Å². The molecule has 2 atom stereocenters. The highest BCUT2D eigenvalue weighted by Crippen LogP contribution is 2.29. The maximum Gasteiger partial charge on any atom is 0.160 e. The standard InChI is InChI=1S/C16H17ClN4/c1-10-7-8-14-16(19-10)21(15(20-14)11(2)17)12(3)13-6-4-5-9-18-13/h4-9,11-12H,1-3H3. The zero-order valence-electron chi connectivity index (χ0n) is 12.3. The lowest BCUT2D eigenvalue weighted by Crippen LogP contribution is -2.13. The number of aryl methyl sites for hydroxylation is 1. The number of aromatic nitrogens is 4. The molecule has 0 fully saturated rings. The summed E-state index contributed by atoms with van der Waals surface area (Å²) < 4.78 is 2.09. The minimum atomic E-state index is -0.189. The Labute approximate surface area is 128 Å². The van der Waals surface area contributed by atoms with E-state index >= 15 is 0 Å². The van der Waals surface area contributed by atoms with E-state index in [9.17, 15) is 0 Å². The predicted molar refractivity (Wildman–Crippen MR) is 84.6 cm³/mol. The predicted octanol–water partition coefficient (Wildman–Crippen LogP) is 4.04. The molecule has 3 aromatic heterocycles. The van der Waals surface area contributed by atoms with E-state index in [0.29, 0.717) is 0 Å². The lowest BCUT2D eigenvalue weighted by Gasteiger charge is -2.17. The molecular weight excluding hydrogens is 284 g/mol. The number of rotatable bonds is 3. The molecule has 0 amide bonds. The van der Waals surface area contributed by atoms with E-state index < -0.39 is 0 Å². The summed E-state index contributed by atoms with van der Waals surface area (Å²) in [5.74, 6) is 0.822. The van der Waals surface area contributed by atoms with Crippen molar-refractivity contribution in [1.29, 1.82) is 0 Å². The molecule has 3 heterocycles. The molecule has 0 aromatic carbocycles. The average Bonchev–Trinajstić information content (AvgIpc) is 2.86. The van der Waals surface area contributed by atoms with E-state index in [4.69, 9.17) is 11.6 Å². The number of hydrogen-bond donors (Lipinski definition) is 0. The van der Waals surface area contributed by atoms with E-state index in [0.717, 1.165) is 28.4 Å². The number of imidazole rings is 1. The van der Waals surface area contributed by atoms with Crippen molar-refractivity contribution in [2.45, 2.75) is 32.2 Å². The van der Waals surface area contributed by atoms with Crippen molar-refractivity contribution in [1.82, 2.24) is 19.5 Å². The van der Waals surface area contributed by atoms with Gasteiger partial charge in [-0.1, -0.05) is 6.07 Å². The van der Waals surface area contributed by atoms with Crippen molar-refractivity contribution in [3.05, 3.63) is 53.7 Å². The summed E-state index contributed by atoms with van der Waals surface area (Å²) in [5.41, 5.74) is 3.66. The van der Waals surface area contributed by atoms with Crippen LogP contribution in [0.3, 0.4) is 0 Å². The number of nitrogens with zero attached hydrogens (tertiary/aromatic N) is 4. The van der Waals surface area contributed by atoms with Crippen LogP contribution in [0.25, 0.3) is 11.2 Å². The SMILES string of the molecule is Cc1ccc2nc(C(C)Cl)n(C(C)c3ccccn3)c2n1. The van der Waals surface area contributed by atoms with Gasteiger partial charge in [-0.15, -0.1) is 11.6 Å². The molecule has 0 bridgehead atoms. The molecule has 0 aliphatic carbocycles. The van der Waals surface area contributed by atoms with E-state index in [1.54, 1.807) is 6.20 Å². The molecule has 2 unspecified atom stereocenters. The minimum absolute atomic E-state index is 0.0294. The number of halogens is 1. The molecule has 0 N–H and O–H groups in total. The Morgan fingerprint density at radius 2 is 1.90 bits per heavy atom. The van der Waals surface area contributed by atoms with Crippen LogP contribution < -0.4 is 0 Å². The van der Waals surface area contributed by atoms with Crippen LogP contribution in [0, 0.1) is 6.92 Å². The van der Waals surface area contributed by atoms with Crippen LogP contribution in [0.1, 0.15) is 42.5 Å². The van der Waals surface area contributed by atoms with Crippen molar-refractivity contribution in [3.8, 4) is 0 Å². The zero-order chi connectivity index (χ0) is 15.0. The summed E-state index contributed by atoms with van der Waals surface area (Å²) >= 11 is 6.32. The third-order valence-corrected chi connectivity index (χ3v) is 3.76. The van der Waals surface area contributed by atoms with Crippen molar-refractivity contribution in [2.24, 2.45) is 0 Å². The van der Waals surface area contributed by atoms with Crippen LogP contribution >= 0.6 is 11.6 Å². The highest BCUT2D eigenvalue weighted by Gasteiger charge is 2.21. The summed E-state index contributed by atoms with van der Waals surface area (Å²) in [7, 11) is 0. The largest absolute Gasteiger partial charge is 0.303 e. The Morgan fingerprint density at radius 1 is 1.10 bits per heavy atom. The third-order valence-electron chi connectivity index (χ3n) is 3.56. The Morgan fingerprint density at radius 3 is 2.57 bits per heavy atom. The first-order chi connectivity index (χ1) is 10.1. The van der Waals surface area contributed by atoms with Crippen molar-refractivity contribution >= 4 is 22.8 Å². The maximum atomic E-state index is 6.32. The van der Waals surface area contributed by atoms with E-state index in [-0.39, 0.29) is 11.4 Å². The quantitative estimate of drug-likeness (QED) is 0.686. The first-order valence-electron chi connectivity index (χ1n) is 6.98. The van der Waals surface area contributed by atoms with Crippen LogP contribution in [-0.2, 0) is 0 Å². The molecule has 5 heteroatoms. The molecule has 4 nitrogen and oxygen atoms in total. The van der Waals surface area contributed by atoms with E-state index in [1.165, 1.54) is 0 Å². The monoisotopic (exact) mass is 300 g/mol. The maximum absolute atomic E-state index is 6.32. The molecule has 21 heavy (non-hydrogen) atoms. The number of hydrogen-bond acceptors (Lipinski definition) is 3. The summed E-state index contributed by atoms with van der Waals surface area (Å²) in [6.45, 7) is 6.00. The molecule has 0 saturated carbocycles. The highest BCUT2D eigenvalue weighted by molar-refractivity contribution is 6.20. The number of fused-ring (bicyclic) bond motifs is 1. The molecule has 0 radical (unpaired) electrons. The van der Waals surface area contributed by atoms with Crippen molar-refractivity contribution in [2.75, 3.05) is 0 Å². The lowest BCUT2D eigenvalue weighted by atomic mass is 10.2. The minimum Gasteiger partial charge on any atom is -0.303 e. The second kappa shape index (κ2) is 5.45. The Kier molecular flexibility index (Phi) is 3.64. The van der Waals surface area contributed by atoms with Crippen LogP contribution in [-0.4, -0.2) is 19.5 Å². The molecular formula is C16H17ClN4. The van der Waals surface area contributed by atoms with Gasteiger partial charge in [-0.2, -0.15) is 0 Å². The summed E-state index contributed by atoms with van der Waals surface area (Å²) in [5, 5.41) is -0.189. The van der Waals surface area contributed by atoms with Gasteiger partial charge in [0, 0.05) is 11.9 Å². The molecule has 0 aliphatic heterocycles. The van der Waals surface area contributed by atoms with Gasteiger partial charge in [-0.05, 0) is 45.0 Å². The molecule has 0 saturated heterocycles. The zero-order valence-corrected chi connectivity index (χ0v) is 13.0. The second-order valence-electron chi connectivity index (χ2n) is 5.18. The highest BCUT2D eigenvalue weighted by atomic mass is 35.5. The van der Waals surface area contributed by atoms with Gasteiger partial charge in [0.15, 0.2) is 5.65 Å². The summed E-state index contributed by atoms with van der Waals surface area (Å²) in [6, 6.07) is 9.89. The van der Waals surface area contributed by atoms with Gasteiger partial charge < -0.3 is 4.57 Å². The summed E-state index contributed by atoms with van der Waals surface area (Å²) in [6.07, 6.45) is 1.80. The van der Waals surface area contributed by atoms with Crippen LogP contribution in [0.15, 0.2) is 36.5 Å². The van der Waals surface area contributed by atoms with Crippen molar-refractivity contribution in [3.63, 3.8) is 0 Å². The molecule has 108 valence electrons. The van der Waals surface area contributed by atoms with Gasteiger partial charge in [-0.25, -0.2) is 9.97 Å². The molecule has 0 spiro atoms. The van der Waals surface area contributed by atoms with Gasteiger partial charge in [0.05, 0.1) is 17.1 Å². The first-order valence-corrected chi connectivity index (χ1v) is 7.42. The molecule has 0 aliphatic rings. The summed E-state index contributed by atoms with van der Waals surface area (Å²) in [4.78, 5) is 13.7. The van der Waals surface area contributed by atoms with Crippen molar-refractivity contribution < 1.29 is 0 Å².